The van der Waals surface area contributed by atoms with Crippen molar-refractivity contribution in [3.05, 3.63) is 23.3 Å². The second-order valence-corrected chi connectivity index (χ2v) is 5.18. The van der Waals surface area contributed by atoms with Crippen molar-refractivity contribution in [3.8, 4) is 0 Å². The fourth-order valence-electron chi connectivity index (χ4n) is 2.80. The highest BCUT2D eigenvalue weighted by Gasteiger charge is 2.24. The predicted molar refractivity (Wildman–Crippen MR) is 69.7 cm³/mol. The van der Waals surface area contributed by atoms with Crippen LogP contribution >= 0.6 is 0 Å². The van der Waals surface area contributed by atoms with Gasteiger partial charge in [0.2, 0.25) is 0 Å². The molecule has 0 radical (unpaired) electrons. The molecule has 0 saturated heterocycles. The second kappa shape index (κ2) is 5.58. The highest BCUT2D eigenvalue weighted by molar-refractivity contribution is 5.17. The summed E-state index contributed by atoms with van der Waals surface area (Å²) in [5.41, 5.74) is 7.76. The zero-order chi connectivity index (χ0) is 12.3. The first kappa shape index (κ1) is 12.5. The van der Waals surface area contributed by atoms with Crippen LogP contribution < -0.4 is 5.73 Å². The Balaban J connectivity index is 2.13. The van der Waals surface area contributed by atoms with Gasteiger partial charge in [-0.3, -0.25) is 0 Å². The van der Waals surface area contributed by atoms with Crippen LogP contribution in [0.3, 0.4) is 0 Å². The number of rotatable bonds is 3. The maximum Gasteiger partial charge on any atom is 0.131 e. The Morgan fingerprint density at radius 3 is 2.88 bits per heavy atom. The standard InChI is InChI=1S/C14H23N3/c1-3-11-5-4-6-12(7-11)14-16-9-13(8-15)10(2)17-14/h9,11-12H,3-8,15H2,1-2H3. The van der Waals surface area contributed by atoms with Crippen LogP contribution in [0.1, 0.15) is 62.0 Å². The Labute approximate surface area is 104 Å². The molecular formula is C14H23N3. The van der Waals surface area contributed by atoms with Gasteiger partial charge in [0.05, 0.1) is 0 Å². The van der Waals surface area contributed by atoms with Gasteiger partial charge in [-0.25, -0.2) is 9.97 Å². The summed E-state index contributed by atoms with van der Waals surface area (Å²) in [4.78, 5) is 9.16. The largest absolute Gasteiger partial charge is 0.326 e. The van der Waals surface area contributed by atoms with E-state index in [0.29, 0.717) is 12.5 Å². The fourth-order valence-corrected chi connectivity index (χ4v) is 2.80. The average molecular weight is 233 g/mol. The lowest BCUT2D eigenvalue weighted by Crippen LogP contribution is -2.17. The molecule has 2 atom stereocenters. The van der Waals surface area contributed by atoms with Crippen molar-refractivity contribution in [2.24, 2.45) is 11.7 Å². The first-order valence-corrected chi connectivity index (χ1v) is 6.77. The molecule has 1 aliphatic carbocycles. The molecule has 0 amide bonds. The van der Waals surface area contributed by atoms with Gasteiger partial charge in [-0.2, -0.15) is 0 Å². The molecule has 1 aromatic rings. The zero-order valence-electron chi connectivity index (χ0n) is 10.9. The van der Waals surface area contributed by atoms with Crippen LogP contribution in [0.2, 0.25) is 0 Å². The van der Waals surface area contributed by atoms with Gasteiger partial charge in [0.25, 0.3) is 0 Å². The molecule has 3 nitrogen and oxygen atoms in total. The normalized spacial score (nSPS) is 24.9. The summed E-state index contributed by atoms with van der Waals surface area (Å²) in [7, 11) is 0. The number of nitrogens with two attached hydrogens (primary N) is 1. The molecule has 0 aromatic carbocycles. The van der Waals surface area contributed by atoms with E-state index in [1.165, 1.54) is 32.1 Å². The molecule has 2 unspecified atom stereocenters. The maximum absolute atomic E-state index is 5.64. The van der Waals surface area contributed by atoms with Gasteiger partial charge in [-0.15, -0.1) is 0 Å². The third kappa shape index (κ3) is 2.83. The lowest BCUT2D eigenvalue weighted by atomic mass is 9.80. The lowest BCUT2D eigenvalue weighted by molar-refractivity contribution is 0.307. The molecule has 0 bridgehead atoms. The molecule has 3 heteroatoms. The molecule has 1 aromatic heterocycles. The van der Waals surface area contributed by atoms with Gasteiger partial charge in [0.15, 0.2) is 0 Å². The summed E-state index contributed by atoms with van der Waals surface area (Å²) in [6.07, 6.45) is 8.41. The first-order chi connectivity index (χ1) is 8.24. The average Bonchev–Trinajstić information content (AvgIpc) is 2.38. The molecule has 2 N–H and O–H groups in total. The monoisotopic (exact) mass is 233 g/mol. The Morgan fingerprint density at radius 1 is 1.41 bits per heavy atom. The van der Waals surface area contributed by atoms with Gasteiger partial charge < -0.3 is 5.73 Å². The SMILES string of the molecule is CCC1CCCC(c2ncc(CN)c(C)n2)C1. The minimum atomic E-state index is 0.536. The Kier molecular flexibility index (Phi) is 4.11. The van der Waals surface area contributed by atoms with E-state index >= 15 is 0 Å². The summed E-state index contributed by atoms with van der Waals surface area (Å²) in [6, 6.07) is 0. The van der Waals surface area contributed by atoms with Crippen LogP contribution in [0.15, 0.2) is 6.20 Å². The molecule has 2 rings (SSSR count). The van der Waals surface area contributed by atoms with Crippen molar-refractivity contribution < 1.29 is 0 Å². The highest BCUT2D eigenvalue weighted by Crippen LogP contribution is 2.36. The van der Waals surface area contributed by atoms with E-state index < -0.39 is 0 Å². The van der Waals surface area contributed by atoms with Gasteiger partial charge in [-0.1, -0.05) is 26.2 Å². The molecule has 0 spiro atoms. The van der Waals surface area contributed by atoms with Crippen molar-refractivity contribution in [3.63, 3.8) is 0 Å². The van der Waals surface area contributed by atoms with E-state index in [2.05, 4.69) is 16.9 Å². The van der Waals surface area contributed by atoms with Crippen molar-refractivity contribution in [1.29, 1.82) is 0 Å². The number of nitrogens with zero attached hydrogens (tertiary/aromatic N) is 2. The summed E-state index contributed by atoms with van der Waals surface area (Å²) in [6.45, 7) is 4.86. The topological polar surface area (TPSA) is 51.8 Å². The molecule has 1 fully saturated rings. The van der Waals surface area contributed by atoms with Crippen LogP contribution in [0, 0.1) is 12.8 Å². The van der Waals surface area contributed by atoms with Gasteiger partial charge in [0.1, 0.15) is 5.82 Å². The van der Waals surface area contributed by atoms with Gasteiger partial charge in [0, 0.05) is 29.9 Å². The smallest absolute Gasteiger partial charge is 0.131 e. The lowest BCUT2D eigenvalue weighted by Gasteiger charge is -2.27. The fraction of sp³-hybridized carbons (Fsp3) is 0.714. The van der Waals surface area contributed by atoms with E-state index in [4.69, 9.17) is 5.73 Å². The van der Waals surface area contributed by atoms with E-state index in [1.54, 1.807) is 0 Å². The van der Waals surface area contributed by atoms with Crippen LogP contribution in [0.25, 0.3) is 0 Å². The Morgan fingerprint density at radius 2 is 2.24 bits per heavy atom. The van der Waals surface area contributed by atoms with Crippen molar-refractivity contribution >= 4 is 0 Å². The number of hydrogen-bond donors (Lipinski definition) is 1. The Hall–Kier alpha value is -0.960. The molecule has 1 saturated carbocycles. The van der Waals surface area contributed by atoms with Crippen LogP contribution in [0.5, 0.6) is 0 Å². The van der Waals surface area contributed by atoms with E-state index in [0.717, 1.165) is 23.0 Å². The number of hydrogen-bond acceptors (Lipinski definition) is 3. The summed E-state index contributed by atoms with van der Waals surface area (Å²) >= 11 is 0. The quantitative estimate of drug-likeness (QED) is 0.873. The summed E-state index contributed by atoms with van der Waals surface area (Å²) in [5, 5.41) is 0. The minimum absolute atomic E-state index is 0.536. The van der Waals surface area contributed by atoms with E-state index in [1.807, 2.05) is 13.1 Å². The minimum Gasteiger partial charge on any atom is -0.326 e. The summed E-state index contributed by atoms with van der Waals surface area (Å²) in [5.74, 6) is 2.48. The van der Waals surface area contributed by atoms with Crippen LogP contribution in [0.4, 0.5) is 0 Å². The molecule has 0 aliphatic heterocycles. The van der Waals surface area contributed by atoms with Crippen molar-refractivity contribution in [2.75, 3.05) is 0 Å². The van der Waals surface area contributed by atoms with Gasteiger partial charge >= 0.3 is 0 Å². The molecule has 17 heavy (non-hydrogen) atoms. The van der Waals surface area contributed by atoms with Crippen LogP contribution in [-0.4, -0.2) is 9.97 Å². The summed E-state index contributed by atoms with van der Waals surface area (Å²) < 4.78 is 0. The van der Waals surface area contributed by atoms with Crippen molar-refractivity contribution in [2.45, 2.75) is 58.4 Å². The molecule has 1 aliphatic rings. The van der Waals surface area contributed by atoms with E-state index in [-0.39, 0.29) is 0 Å². The highest BCUT2D eigenvalue weighted by atomic mass is 14.9. The third-order valence-corrected chi connectivity index (χ3v) is 4.04. The van der Waals surface area contributed by atoms with Gasteiger partial charge in [-0.05, 0) is 25.7 Å². The Bertz CT molecular complexity index is 376. The zero-order valence-corrected chi connectivity index (χ0v) is 10.9. The predicted octanol–water partition coefficient (Wildman–Crippen LogP) is 2.93. The second-order valence-electron chi connectivity index (χ2n) is 5.18. The molecule has 1 heterocycles. The number of aromatic nitrogens is 2. The maximum atomic E-state index is 5.64. The van der Waals surface area contributed by atoms with Crippen LogP contribution in [-0.2, 0) is 6.54 Å². The molecular weight excluding hydrogens is 210 g/mol. The van der Waals surface area contributed by atoms with Crippen molar-refractivity contribution in [1.82, 2.24) is 9.97 Å². The first-order valence-electron chi connectivity index (χ1n) is 6.77. The molecule has 94 valence electrons. The third-order valence-electron chi connectivity index (χ3n) is 4.04. The van der Waals surface area contributed by atoms with E-state index in [9.17, 15) is 0 Å². The number of aryl methyl sites for hydroxylation is 1.